The summed E-state index contributed by atoms with van der Waals surface area (Å²) < 4.78 is 27.0. The number of benzene rings is 2. The molecule has 11 heteroatoms. The van der Waals surface area contributed by atoms with Gasteiger partial charge in [0, 0.05) is 22.6 Å². The van der Waals surface area contributed by atoms with E-state index in [1.54, 1.807) is 6.92 Å². The molecule has 2 amide bonds. The highest BCUT2D eigenvalue weighted by Gasteiger charge is 2.30. The van der Waals surface area contributed by atoms with Gasteiger partial charge in [0.05, 0.1) is 17.0 Å². The third-order valence-corrected chi connectivity index (χ3v) is 7.31. The van der Waals surface area contributed by atoms with Crippen molar-refractivity contribution in [1.29, 1.82) is 0 Å². The zero-order chi connectivity index (χ0) is 25.5. The summed E-state index contributed by atoms with van der Waals surface area (Å²) in [6.45, 7) is 3.73. The van der Waals surface area contributed by atoms with Crippen molar-refractivity contribution in [3.05, 3.63) is 62.5 Å². The van der Waals surface area contributed by atoms with Crippen LogP contribution < -0.4 is 9.62 Å². The maximum absolute atomic E-state index is 13.5. The Morgan fingerprint density at radius 1 is 1.12 bits per heavy atom. The molecule has 186 valence electrons. The first-order valence-electron chi connectivity index (χ1n) is 10.7. The van der Waals surface area contributed by atoms with Crippen LogP contribution in [0, 0.1) is 0 Å². The van der Waals surface area contributed by atoms with E-state index < -0.39 is 28.5 Å². The first-order valence-corrected chi connectivity index (χ1v) is 14.1. The Labute approximate surface area is 219 Å². The van der Waals surface area contributed by atoms with Gasteiger partial charge in [-0.2, -0.15) is 0 Å². The van der Waals surface area contributed by atoms with Crippen molar-refractivity contribution < 1.29 is 18.0 Å². The number of nitrogens with one attached hydrogen (secondary N) is 1. The van der Waals surface area contributed by atoms with Crippen molar-refractivity contribution in [2.45, 2.75) is 39.3 Å². The maximum Gasteiger partial charge on any atom is 0.244 e. The van der Waals surface area contributed by atoms with E-state index in [4.69, 9.17) is 23.2 Å². The Bertz CT molecular complexity index is 1110. The molecular weight excluding hydrogens is 565 g/mol. The van der Waals surface area contributed by atoms with Gasteiger partial charge < -0.3 is 10.2 Å². The average Bonchev–Trinajstić information content (AvgIpc) is 2.76. The van der Waals surface area contributed by atoms with Gasteiger partial charge in [-0.05, 0) is 49.2 Å². The van der Waals surface area contributed by atoms with Crippen LogP contribution in [0.5, 0.6) is 0 Å². The molecule has 0 aliphatic carbocycles. The second kappa shape index (κ2) is 12.8. The summed E-state index contributed by atoms with van der Waals surface area (Å²) in [4.78, 5) is 27.6. The number of sulfonamides is 1. The minimum atomic E-state index is -3.87. The summed E-state index contributed by atoms with van der Waals surface area (Å²) in [5.41, 5.74) is 0.922. The molecule has 1 atom stereocenters. The van der Waals surface area contributed by atoms with Crippen LogP contribution in [0.4, 0.5) is 5.69 Å². The molecule has 0 saturated carbocycles. The van der Waals surface area contributed by atoms with Gasteiger partial charge in [0.1, 0.15) is 12.6 Å². The Morgan fingerprint density at radius 2 is 1.76 bits per heavy atom. The van der Waals surface area contributed by atoms with Crippen LogP contribution in [-0.4, -0.2) is 50.5 Å². The van der Waals surface area contributed by atoms with E-state index >= 15 is 0 Å². The van der Waals surface area contributed by atoms with E-state index in [2.05, 4.69) is 21.2 Å². The fourth-order valence-electron chi connectivity index (χ4n) is 3.18. The summed E-state index contributed by atoms with van der Waals surface area (Å²) in [6.07, 6.45) is 2.72. The van der Waals surface area contributed by atoms with Gasteiger partial charge in [-0.15, -0.1) is 0 Å². The second-order valence-electron chi connectivity index (χ2n) is 7.83. The number of hydrogen-bond donors (Lipinski definition) is 1. The quantitative estimate of drug-likeness (QED) is 0.378. The third-order valence-electron chi connectivity index (χ3n) is 5.12. The minimum Gasteiger partial charge on any atom is -0.354 e. The molecule has 0 saturated heterocycles. The molecule has 0 radical (unpaired) electrons. The summed E-state index contributed by atoms with van der Waals surface area (Å²) in [5.74, 6) is -0.855. The smallest absolute Gasteiger partial charge is 0.244 e. The monoisotopic (exact) mass is 591 g/mol. The first-order chi connectivity index (χ1) is 15.9. The van der Waals surface area contributed by atoms with E-state index in [0.29, 0.717) is 11.6 Å². The molecule has 0 aliphatic heterocycles. The van der Waals surface area contributed by atoms with Gasteiger partial charge in [-0.3, -0.25) is 13.9 Å². The predicted molar refractivity (Wildman–Crippen MR) is 141 cm³/mol. The van der Waals surface area contributed by atoms with E-state index in [1.807, 2.05) is 31.2 Å². The molecule has 0 bridgehead atoms. The Hall–Kier alpha value is -1.81. The van der Waals surface area contributed by atoms with Gasteiger partial charge in [0.15, 0.2) is 0 Å². The van der Waals surface area contributed by atoms with Gasteiger partial charge in [0.25, 0.3) is 0 Å². The second-order valence-corrected chi connectivity index (χ2v) is 11.5. The Balaban J connectivity index is 2.37. The third kappa shape index (κ3) is 8.15. The molecular formula is C23H28BrCl2N3O4S. The first kappa shape index (κ1) is 28.4. The van der Waals surface area contributed by atoms with E-state index in [0.717, 1.165) is 33.4 Å². The van der Waals surface area contributed by atoms with Gasteiger partial charge in [-0.1, -0.05) is 64.6 Å². The topological polar surface area (TPSA) is 86.8 Å². The highest BCUT2D eigenvalue weighted by Crippen LogP contribution is 2.30. The number of halogens is 3. The molecule has 2 rings (SSSR count). The highest BCUT2D eigenvalue weighted by molar-refractivity contribution is 9.10. The zero-order valence-electron chi connectivity index (χ0n) is 19.2. The number of anilines is 1. The average molecular weight is 593 g/mol. The number of unbranched alkanes of at least 4 members (excludes halogenated alkanes) is 1. The number of rotatable bonds is 11. The fraction of sp³-hybridized carbons (Fsp3) is 0.391. The number of carbonyl (C=O) groups excluding carboxylic acids is 2. The van der Waals surface area contributed by atoms with Crippen LogP contribution >= 0.6 is 39.1 Å². The molecule has 34 heavy (non-hydrogen) atoms. The molecule has 0 aliphatic rings. The van der Waals surface area contributed by atoms with Crippen LogP contribution in [0.2, 0.25) is 10.0 Å². The lowest BCUT2D eigenvalue weighted by molar-refractivity contribution is -0.139. The van der Waals surface area contributed by atoms with Crippen molar-refractivity contribution in [2.24, 2.45) is 0 Å². The van der Waals surface area contributed by atoms with Crippen molar-refractivity contribution in [3.8, 4) is 0 Å². The molecule has 1 N–H and O–H groups in total. The van der Waals surface area contributed by atoms with E-state index in [1.165, 1.54) is 23.1 Å². The predicted octanol–water partition coefficient (Wildman–Crippen LogP) is 4.86. The van der Waals surface area contributed by atoms with Crippen LogP contribution in [0.15, 0.2) is 46.9 Å². The Morgan fingerprint density at radius 3 is 2.32 bits per heavy atom. The van der Waals surface area contributed by atoms with Crippen LogP contribution in [0.3, 0.4) is 0 Å². The summed E-state index contributed by atoms with van der Waals surface area (Å²) in [7, 11) is -3.87. The lowest BCUT2D eigenvalue weighted by atomic mass is 10.1. The van der Waals surface area contributed by atoms with Gasteiger partial charge in [-0.25, -0.2) is 8.42 Å². The van der Waals surface area contributed by atoms with E-state index in [9.17, 15) is 18.0 Å². The molecule has 2 aromatic carbocycles. The van der Waals surface area contributed by atoms with Crippen molar-refractivity contribution in [2.75, 3.05) is 23.7 Å². The zero-order valence-corrected chi connectivity index (χ0v) is 23.1. The molecule has 0 aromatic heterocycles. The lowest BCUT2D eigenvalue weighted by Crippen LogP contribution is -2.51. The summed E-state index contributed by atoms with van der Waals surface area (Å²) >= 11 is 15.6. The summed E-state index contributed by atoms with van der Waals surface area (Å²) in [5, 5.41) is 3.27. The minimum absolute atomic E-state index is 0.0931. The molecule has 0 unspecified atom stereocenters. The molecule has 0 spiro atoms. The SMILES string of the molecule is CCCCNC(=O)[C@@H](C)N(Cc1ccc(Br)cc1)C(=O)CN(c1ccc(Cl)cc1Cl)S(C)(=O)=O. The standard InChI is InChI=1S/C23H28BrCl2N3O4S/c1-4-5-12-27-23(31)16(2)28(14-17-6-8-18(24)9-7-17)22(30)15-29(34(3,32)33)21-11-10-19(25)13-20(21)26/h6-11,13,16H,4-5,12,14-15H2,1-3H3,(H,27,31)/t16-/m1/s1. The number of hydrogen-bond acceptors (Lipinski definition) is 4. The highest BCUT2D eigenvalue weighted by atomic mass is 79.9. The number of carbonyl (C=O) groups is 2. The Kier molecular flexibility index (Phi) is 10.7. The van der Waals surface area contributed by atoms with Gasteiger partial charge >= 0.3 is 0 Å². The summed E-state index contributed by atoms with van der Waals surface area (Å²) in [6, 6.07) is 10.8. The normalized spacial score (nSPS) is 12.2. The van der Waals surface area contributed by atoms with Crippen molar-refractivity contribution >= 4 is 66.7 Å². The van der Waals surface area contributed by atoms with Crippen LogP contribution in [0.1, 0.15) is 32.3 Å². The number of nitrogens with zero attached hydrogens (tertiary/aromatic N) is 2. The largest absolute Gasteiger partial charge is 0.354 e. The van der Waals surface area contributed by atoms with E-state index in [-0.39, 0.29) is 23.2 Å². The fourth-order valence-corrected chi connectivity index (χ4v) is 4.87. The molecule has 0 fully saturated rings. The molecule has 7 nitrogen and oxygen atoms in total. The molecule has 2 aromatic rings. The maximum atomic E-state index is 13.5. The van der Waals surface area contributed by atoms with Crippen LogP contribution in [-0.2, 0) is 26.2 Å². The number of amides is 2. The van der Waals surface area contributed by atoms with Crippen molar-refractivity contribution in [1.82, 2.24) is 10.2 Å². The van der Waals surface area contributed by atoms with Crippen LogP contribution in [0.25, 0.3) is 0 Å². The molecule has 0 heterocycles. The van der Waals surface area contributed by atoms with Crippen molar-refractivity contribution in [3.63, 3.8) is 0 Å². The lowest BCUT2D eigenvalue weighted by Gasteiger charge is -2.31. The van der Waals surface area contributed by atoms with Gasteiger partial charge in [0.2, 0.25) is 21.8 Å².